The molecule has 2 aliphatic rings. The maximum atomic E-state index is 12.5. The van der Waals surface area contributed by atoms with E-state index in [1.54, 1.807) is 34.9 Å². The van der Waals surface area contributed by atoms with Gasteiger partial charge >= 0.3 is 6.09 Å². The number of carbonyl (C=O) groups excluding carboxylic acids is 2. The molecule has 2 aliphatic heterocycles. The van der Waals surface area contributed by atoms with Crippen molar-refractivity contribution in [1.82, 2.24) is 9.80 Å². The molecule has 0 unspecified atom stereocenters. The molecule has 11 heteroatoms. The molecule has 2 amide bonds. The Morgan fingerprint density at radius 1 is 1.06 bits per heavy atom. The Kier molecular flexibility index (Phi) is 7.47. The van der Waals surface area contributed by atoms with Gasteiger partial charge in [-0.3, -0.25) is 9.10 Å². The summed E-state index contributed by atoms with van der Waals surface area (Å²) in [6, 6.07) is 5.01. The maximum Gasteiger partial charge on any atom is 0.409 e. The van der Waals surface area contributed by atoms with E-state index in [0.717, 1.165) is 6.26 Å². The molecular weight excluding hydrogens is 426 g/mol. The van der Waals surface area contributed by atoms with Crippen LogP contribution in [0.4, 0.5) is 10.5 Å². The van der Waals surface area contributed by atoms with Crippen molar-refractivity contribution in [2.45, 2.75) is 19.8 Å². The van der Waals surface area contributed by atoms with Gasteiger partial charge < -0.3 is 24.0 Å². The Morgan fingerprint density at radius 3 is 2.35 bits per heavy atom. The first-order chi connectivity index (χ1) is 14.8. The summed E-state index contributed by atoms with van der Waals surface area (Å²) >= 11 is 0. The van der Waals surface area contributed by atoms with E-state index in [1.807, 2.05) is 0 Å². The molecule has 0 bridgehead atoms. The van der Waals surface area contributed by atoms with Crippen molar-refractivity contribution < 1.29 is 32.2 Å². The molecule has 10 nitrogen and oxygen atoms in total. The lowest BCUT2D eigenvalue weighted by atomic mass is 10.2. The van der Waals surface area contributed by atoms with Crippen LogP contribution in [-0.4, -0.2) is 89.0 Å². The number of carbonyl (C=O) groups is 2. The topological polar surface area (TPSA) is 106 Å². The molecule has 2 heterocycles. The Morgan fingerprint density at radius 2 is 1.71 bits per heavy atom. The van der Waals surface area contributed by atoms with Crippen LogP contribution < -0.4 is 13.8 Å². The number of amides is 2. The van der Waals surface area contributed by atoms with Gasteiger partial charge in [-0.05, 0) is 25.5 Å². The molecular formula is C20H29N3O7S. The number of piperazine rings is 1. The molecule has 0 spiro atoms. The van der Waals surface area contributed by atoms with Crippen LogP contribution in [-0.2, 0) is 19.6 Å². The lowest BCUT2D eigenvalue weighted by molar-refractivity contribution is -0.132. The molecule has 0 aromatic heterocycles. The molecule has 0 atom stereocenters. The molecule has 1 aromatic carbocycles. The first-order valence-electron chi connectivity index (χ1n) is 10.4. The van der Waals surface area contributed by atoms with Crippen LogP contribution >= 0.6 is 0 Å². The average Bonchev–Trinajstić information content (AvgIpc) is 2.75. The largest absolute Gasteiger partial charge is 0.486 e. The summed E-state index contributed by atoms with van der Waals surface area (Å²) in [5.74, 6) is 1.03. The number of hydrogen-bond acceptors (Lipinski definition) is 7. The number of benzene rings is 1. The third kappa shape index (κ3) is 5.93. The second-order valence-electron chi connectivity index (χ2n) is 7.33. The Labute approximate surface area is 182 Å². The molecule has 0 aliphatic carbocycles. The van der Waals surface area contributed by atoms with Crippen LogP contribution in [0.3, 0.4) is 0 Å². The summed E-state index contributed by atoms with van der Waals surface area (Å²) in [6.45, 7) is 4.85. The van der Waals surface area contributed by atoms with Gasteiger partial charge in [-0.2, -0.15) is 0 Å². The predicted molar refractivity (Wildman–Crippen MR) is 114 cm³/mol. The second kappa shape index (κ2) is 10.1. The summed E-state index contributed by atoms with van der Waals surface area (Å²) in [4.78, 5) is 27.6. The number of rotatable bonds is 7. The van der Waals surface area contributed by atoms with Crippen molar-refractivity contribution in [3.8, 4) is 11.5 Å². The fraction of sp³-hybridized carbons (Fsp3) is 0.600. The summed E-state index contributed by atoms with van der Waals surface area (Å²) in [5.41, 5.74) is 0.474. The molecule has 0 radical (unpaired) electrons. The van der Waals surface area contributed by atoms with E-state index in [0.29, 0.717) is 69.6 Å². The number of hydrogen-bond donors (Lipinski definition) is 0. The van der Waals surface area contributed by atoms with Gasteiger partial charge in [-0.1, -0.05) is 0 Å². The highest BCUT2D eigenvalue weighted by atomic mass is 32.2. The third-order valence-corrected chi connectivity index (χ3v) is 6.32. The van der Waals surface area contributed by atoms with E-state index in [4.69, 9.17) is 14.2 Å². The van der Waals surface area contributed by atoms with Crippen LogP contribution in [0, 0.1) is 0 Å². The van der Waals surface area contributed by atoms with E-state index in [1.165, 1.54) is 4.31 Å². The summed E-state index contributed by atoms with van der Waals surface area (Å²) in [7, 11) is -3.54. The Balaban J connectivity index is 1.54. The third-order valence-electron chi connectivity index (χ3n) is 5.12. The zero-order chi connectivity index (χ0) is 22.4. The minimum atomic E-state index is -3.54. The van der Waals surface area contributed by atoms with Crippen molar-refractivity contribution >= 4 is 27.7 Å². The average molecular weight is 456 g/mol. The normalized spacial score (nSPS) is 16.1. The van der Waals surface area contributed by atoms with Gasteiger partial charge in [0.2, 0.25) is 15.9 Å². The molecule has 1 fully saturated rings. The highest BCUT2D eigenvalue weighted by Crippen LogP contribution is 2.34. The SMILES string of the molecule is CCOC(=O)N1CCN(C(=O)CCCN(c2ccc3c(c2)OCCO3)S(C)(=O)=O)CC1. The minimum absolute atomic E-state index is 0.0564. The Bertz CT molecular complexity index is 898. The first-order valence-corrected chi connectivity index (χ1v) is 12.2. The number of anilines is 1. The number of fused-ring (bicyclic) bond motifs is 1. The maximum absolute atomic E-state index is 12.5. The van der Waals surface area contributed by atoms with Crippen LogP contribution in [0.15, 0.2) is 18.2 Å². The lowest BCUT2D eigenvalue weighted by Gasteiger charge is -2.34. The van der Waals surface area contributed by atoms with E-state index < -0.39 is 10.0 Å². The minimum Gasteiger partial charge on any atom is -0.486 e. The first kappa shape index (κ1) is 23.0. The van der Waals surface area contributed by atoms with Crippen LogP contribution in [0.1, 0.15) is 19.8 Å². The van der Waals surface area contributed by atoms with Gasteiger partial charge in [0.25, 0.3) is 0 Å². The van der Waals surface area contributed by atoms with Crippen molar-refractivity contribution in [3.63, 3.8) is 0 Å². The zero-order valence-corrected chi connectivity index (χ0v) is 18.7. The van der Waals surface area contributed by atoms with Crippen LogP contribution in [0.2, 0.25) is 0 Å². The monoisotopic (exact) mass is 455 g/mol. The summed E-state index contributed by atoms with van der Waals surface area (Å²) < 4.78 is 42.0. The number of nitrogens with zero attached hydrogens (tertiary/aromatic N) is 3. The van der Waals surface area contributed by atoms with Crippen molar-refractivity contribution in [1.29, 1.82) is 0 Å². The fourth-order valence-corrected chi connectivity index (χ4v) is 4.52. The highest BCUT2D eigenvalue weighted by Gasteiger charge is 2.25. The molecule has 0 N–H and O–H groups in total. The molecule has 0 saturated carbocycles. The van der Waals surface area contributed by atoms with E-state index in [-0.39, 0.29) is 25.0 Å². The van der Waals surface area contributed by atoms with Crippen LogP contribution in [0.25, 0.3) is 0 Å². The quantitative estimate of drug-likeness (QED) is 0.610. The standard InChI is InChI=1S/C20H29N3O7S/c1-3-28-20(25)22-11-9-21(10-12-22)19(24)5-4-8-23(31(2,26)27)16-6-7-17-18(15-16)30-14-13-29-17/h6-7,15H,3-5,8-14H2,1-2H3. The van der Waals surface area contributed by atoms with Crippen LogP contribution in [0.5, 0.6) is 11.5 Å². The molecule has 1 aromatic rings. The zero-order valence-electron chi connectivity index (χ0n) is 17.9. The van der Waals surface area contributed by atoms with E-state index >= 15 is 0 Å². The summed E-state index contributed by atoms with van der Waals surface area (Å²) in [6.07, 6.45) is 1.37. The van der Waals surface area contributed by atoms with E-state index in [9.17, 15) is 18.0 Å². The van der Waals surface area contributed by atoms with Gasteiger partial charge in [0.15, 0.2) is 11.5 Å². The van der Waals surface area contributed by atoms with Gasteiger partial charge in [0, 0.05) is 45.2 Å². The predicted octanol–water partition coefficient (Wildman–Crippen LogP) is 1.30. The number of ether oxygens (including phenoxy) is 3. The smallest absolute Gasteiger partial charge is 0.409 e. The molecule has 3 rings (SSSR count). The number of sulfonamides is 1. The van der Waals surface area contributed by atoms with Crippen molar-refractivity contribution in [3.05, 3.63) is 18.2 Å². The van der Waals surface area contributed by atoms with E-state index in [2.05, 4.69) is 0 Å². The summed E-state index contributed by atoms with van der Waals surface area (Å²) in [5, 5.41) is 0. The second-order valence-corrected chi connectivity index (χ2v) is 9.24. The highest BCUT2D eigenvalue weighted by molar-refractivity contribution is 7.92. The van der Waals surface area contributed by atoms with Crippen molar-refractivity contribution in [2.75, 3.05) is 63.1 Å². The van der Waals surface area contributed by atoms with Crippen molar-refractivity contribution in [2.24, 2.45) is 0 Å². The van der Waals surface area contributed by atoms with Gasteiger partial charge in [-0.25, -0.2) is 13.2 Å². The molecule has 172 valence electrons. The lowest BCUT2D eigenvalue weighted by Crippen LogP contribution is -2.50. The van der Waals surface area contributed by atoms with Gasteiger partial charge in [-0.15, -0.1) is 0 Å². The molecule has 1 saturated heterocycles. The van der Waals surface area contributed by atoms with Gasteiger partial charge in [0.05, 0.1) is 18.6 Å². The Hall–Kier alpha value is -2.69. The molecule has 31 heavy (non-hydrogen) atoms. The fourth-order valence-electron chi connectivity index (χ4n) is 3.56. The van der Waals surface area contributed by atoms with Gasteiger partial charge in [0.1, 0.15) is 13.2 Å².